The van der Waals surface area contributed by atoms with Crippen molar-refractivity contribution >= 4 is 38.9 Å². The van der Waals surface area contributed by atoms with E-state index >= 15 is 0 Å². The lowest BCUT2D eigenvalue weighted by Gasteiger charge is -2.34. The first-order valence-electron chi connectivity index (χ1n) is 13.2. The molecule has 3 N–H and O–H groups in total. The molecule has 2 atom stereocenters. The Kier molecular flexibility index (Phi) is 6.17. The molecule has 2 fully saturated rings. The first kappa shape index (κ1) is 24.9. The molecule has 13 nitrogen and oxygen atoms in total. The molecule has 0 spiro atoms. The van der Waals surface area contributed by atoms with Gasteiger partial charge >= 0.3 is 0 Å². The summed E-state index contributed by atoms with van der Waals surface area (Å²) in [6, 6.07) is 3.81. The van der Waals surface area contributed by atoms with Crippen LogP contribution in [0, 0.1) is 0 Å². The number of piperidine rings is 1. The molecule has 1 unspecified atom stereocenters. The molecule has 0 aliphatic carbocycles. The molecule has 204 valence electrons. The predicted molar refractivity (Wildman–Crippen MR) is 144 cm³/mol. The summed E-state index contributed by atoms with van der Waals surface area (Å²) in [6.07, 6.45) is 5.40. The molecule has 2 saturated heterocycles. The van der Waals surface area contributed by atoms with Crippen LogP contribution in [0.2, 0.25) is 0 Å². The van der Waals surface area contributed by atoms with Gasteiger partial charge in [0.05, 0.1) is 23.2 Å². The molecule has 0 radical (unpaired) electrons. The SMILES string of the molecule is CN1CCCS(=O)(=O)Nc2cn(C)nc2C(=O)N2CCCCC2c2cc3nc(N4CC[C@H](N)C4)cc1n3n2. The number of aromatic nitrogens is 5. The van der Waals surface area contributed by atoms with Crippen molar-refractivity contribution < 1.29 is 13.2 Å². The van der Waals surface area contributed by atoms with E-state index in [1.165, 1.54) is 4.68 Å². The molecule has 0 saturated carbocycles. The van der Waals surface area contributed by atoms with Gasteiger partial charge in [-0.15, -0.1) is 0 Å². The predicted octanol–water partition coefficient (Wildman–Crippen LogP) is 0.949. The van der Waals surface area contributed by atoms with Crippen LogP contribution in [-0.4, -0.2) is 88.6 Å². The maximum atomic E-state index is 13.8. The largest absolute Gasteiger partial charge is 0.359 e. The summed E-state index contributed by atoms with van der Waals surface area (Å²) in [5.74, 6) is 1.23. The number of anilines is 3. The van der Waals surface area contributed by atoms with E-state index in [1.807, 2.05) is 28.6 Å². The van der Waals surface area contributed by atoms with Crippen molar-refractivity contribution in [3.8, 4) is 0 Å². The number of sulfonamides is 1. The topological polar surface area (TPSA) is 147 Å². The number of carbonyl (C=O) groups is 1. The highest BCUT2D eigenvalue weighted by atomic mass is 32.2. The third-order valence-corrected chi connectivity index (χ3v) is 9.02. The Morgan fingerprint density at radius 3 is 2.68 bits per heavy atom. The fourth-order valence-electron chi connectivity index (χ4n) is 5.72. The third-order valence-electron chi connectivity index (χ3n) is 7.66. The van der Waals surface area contributed by atoms with Gasteiger partial charge in [-0.3, -0.25) is 14.2 Å². The maximum absolute atomic E-state index is 13.8. The average Bonchev–Trinajstić information content (AvgIpc) is 3.60. The van der Waals surface area contributed by atoms with Gasteiger partial charge < -0.3 is 20.4 Å². The zero-order chi connectivity index (χ0) is 26.6. The lowest BCUT2D eigenvalue weighted by molar-refractivity contribution is 0.0600. The standard InChI is InChI=1S/C24H34N10O3S/c1-30-8-5-11-38(36,37)29-18-15-31(2)28-23(18)24(35)33-9-4-3-6-19(33)17-12-21-26-20(13-22(30)34(21)27-17)32-10-7-16(25)14-32/h12-13,15-16,19,29H,3-11,14,25H2,1-2H3/t16-,19?/m0/s1. The van der Waals surface area contributed by atoms with Crippen LogP contribution in [0.3, 0.4) is 0 Å². The van der Waals surface area contributed by atoms with Crippen molar-refractivity contribution in [1.82, 2.24) is 29.3 Å². The van der Waals surface area contributed by atoms with Crippen LogP contribution in [0.15, 0.2) is 18.3 Å². The first-order valence-corrected chi connectivity index (χ1v) is 14.8. The normalized spacial score (nSPS) is 24.2. The molecule has 6 rings (SSSR count). The molecule has 38 heavy (non-hydrogen) atoms. The zero-order valence-corrected chi connectivity index (χ0v) is 22.6. The van der Waals surface area contributed by atoms with Gasteiger partial charge in [0.1, 0.15) is 11.6 Å². The number of hydrogen-bond donors (Lipinski definition) is 2. The smallest absolute Gasteiger partial charge is 0.277 e. The number of hydrogen-bond acceptors (Lipinski definition) is 9. The number of nitrogens with one attached hydrogen (secondary N) is 1. The summed E-state index contributed by atoms with van der Waals surface area (Å²) in [4.78, 5) is 24.7. The molecule has 1 amide bonds. The number of amides is 1. The van der Waals surface area contributed by atoms with Crippen LogP contribution < -0.4 is 20.3 Å². The van der Waals surface area contributed by atoms with Crippen LogP contribution in [0.4, 0.5) is 17.3 Å². The average molecular weight is 543 g/mol. The summed E-state index contributed by atoms with van der Waals surface area (Å²) in [7, 11) is -0.0873. The monoisotopic (exact) mass is 542 g/mol. The Morgan fingerprint density at radius 2 is 1.89 bits per heavy atom. The molecule has 14 heteroatoms. The molecule has 3 aliphatic heterocycles. The molecule has 6 heterocycles. The van der Waals surface area contributed by atoms with E-state index in [9.17, 15) is 13.2 Å². The second-order valence-electron chi connectivity index (χ2n) is 10.6. The van der Waals surface area contributed by atoms with E-state index < -0.39 is 10.0 Å². The van der Waals surface area contributed by atoms with E-state index in [-0.39, 0.29) is 35.1 Å². The highest BCUT2D eigenvalue weighted by Gasteiger charge is 2.34. The van der Waals surface area contributed by atoms with Crippen LogP contribution in [-0.2, 0) is 17.1 Å². The number of fused-ring (bicyclic) bond motifs is 4. The van der Waals surface area contributed by atoms with E-state index in [2.05, 4.69) is 14.7 Å². The quantitative estimate of drug-likeness (QED) is 0.459. The van der Waals surface area contributed by atoms with E-state index in [0.717, 1.165) is 56.1 Å². The van der Waals surface area contributed by atoms with E-state index in [0.29, 0.717) is 25.2 Å². The van der Waals surface area contributed by atoms with Crippen LogP contribution >= 0.6 is 0 Å². The van der Waals surface area contributed by atoms with Crippen molar-refractivity contribution in [2.45, 2.75) is 44.2 Å². The number of aryl methyl sites for hydroxylation is 1. The van der Waals surface area contributed by atoms with Crippen molar-refractivity contribution in [2.75, 3.05) is 53.5 Å². The lowest BCUT2D eigenvalue weighted by atomic mass is 9.99. The fourth-order valence-corrected chi connectivity index (χ4v) is 6.82. The molecule has 3 aromatic rings. The Hall–Kier alpha value is -3.39. The van der Waals surface area contributed by atoms with Crippen LogP contribution in [0.25, 0.3) is 5.65 Å². The minimum absolute atomic E-state index is 0.0986. The number of nitrogens with two attached hydrogens (primary N) is 1. The highest BCUT2D eigenvalue weighted by Crippen LogP contribution is 2.34. The third kappa shape index (κ3) is 4.55. The molecule has 3 aliphatic rings. The highest BCUT2D eigenvalue weighted by molar-refractivity contribution is 7.92. The van der Waals surface area contributed by atoms with Gasteiger partial charge in [-0.1, -0.05) is 0 Å². The Bertz CT molecular complexity index is 1480. The van der Waals surface area contributed by atoms with E-state index in [1.54, 1.807) is 18.1 Å². The van der Waals surface area contributed by atoms with Crippen LogP contribution in [0.1, 0.15) is 54.3 Å². The summed E-state index contributed by atoms with van der Waals surface area (Å²) < 4.78 is 31.9. The van der Waals surface area contributed by atoms with Gasteiger partial charge in [0.2, 0.25) is 10.0 Å². The van der Waals surface area contributed by atoms with Gasteiger partial charge in [0.15, 0.2) is 11.3 Å². The fraction of sp³-hybridized carbons (Fsp3) is 0.583. The maximum Gasteiger partial charge on any atom is 0.277 e. The number of carbonyl (C=O) groups excluding carboxylic acids is 1. The molecule has 3 aromatic heterocycles. The summed E-state index contributed by atoms with van der Waals surface area (Å²) in [6.45, 7) is 2.59. The summed E-state index contributed by atoms with van der Waals surface area (Å²) in [5, 5.41) is 9.30. The Morgan fingerprint density at radius 1 is 1.05 bits per heavy atom. The minimum Gasteiger partial charge on any atom is -0.359 e. The number of nitrogens with zero attached hydrogens (tertiary/aromatic N) is 8. The Labute approximate surface area is 221 Å². The van der Waals surface area contributed by atoms with Gasteiger partial charge in [-0.2, -0.15) is 14.7 Å². The molecule has 0 aromatic carbocycles. The zero-order valence-electron chi connectivity index (χ0n) is 21.7. The van der Waals surface area contributed by atoms with E-state index in [4.69, 9.17) is 15.8 Å². The minimum atomic E-state index is -3.70. The Balaban J connectivity index is 1.49. The second-order valence-corrected chi connectivity index (χ2v) is 12.4. The molecular weight excluding hydrogens is 508 g/mol. The van der Waals surface area contributed by atoms with Crippen molar-refractivity contribution in [1.29, 1.82) is 0 Å². The van der Waals surface area contributed by atoms with Gasteiger partial charge in [0.25, 0.3) is 5.91 Å². The second kappa shape index (κ2) is 9.42. The summed E-state index contributed by atoms with van der Waals surface area (Å²) in [5.41, 5.74) is 7.94. The van der Waals surface area contributed by atoms with Gasteiger partial charge in [-0.25, -0.2) is 13.4 Å². The lowest BCUT2D eigenvalue weighted by Crippen LogP contribution is -2.39. The van der Waals surface area contributed by atoms with Gasteiger partial charge in [0, 0.05) is 64.6 Å². The van der Waals surface area contributed by atoms with Crippen molar-refractivity contribution in [3.05, 3.63) is 29.7 Å². The molecule has 2 bridgehead atoms. The molecular formula is C24H34N10O3S. The van der Waals surface area contributed by atoms with Gasteiger partial charge in [-0.05, 0) is 32.1 Å². The van der Waals surface area contributed by atoms with Crippen molar-refractivity contribution in [2.24, 2.45) is 12.8 Å². The number of rotatable bonds is 1. The first-order chi connectivity index (χ1) is 18.2. The van der Waals surface area contributed by atoms with Crippen LogP contribution in [0.5, 0.6) is 0 Å². The summed E-state index contributed by atoms with van der Waals surface area (Å²) >= 11 is 0. The van der Waals surface area contributed by atoms with Crippen molar-refractivity contribution in [3.63, 3.8) is 0 Å².